The zero-order valence-electron chi connectivity index (χ0n) is 13.4. The van der Waals surface area contributed by atoms with Gasteiger partial charge in [0.25, 0.3) is 5.56 Å². The quantitative estimate of drug-likeness (QED) is 0.770. The van der Waals surface area contributed by atoms with Gasteiger partial charge in [-0.3, -0.25) is 19.0 Å². The predicted molar refractivity (Wildman–Crippen MR) is 90.5 cm³/mol. The molecule has 2 N–H and O–H groups in total. The largest absolute Gasteiger partial charge is 0.481 e. The van der Waals surface area contributed by atoms with Crippen LogP contribution in [0.25, 0.3) is 10.2 Å². The lowest BCUT2D eigenvalue weighted by Crippen LogP contribution is -2.33. The van der Waals surface area contributed by atoms with Crippen molar-refractivity contribution in [3.05, 3.63) is 27.1 Å². The number of hydrogen-bond donors (Lipinski definition) is 2. The van der Waals surface area contributed by atoms with E-state index in [2.05, 4.69) is 10.3 Å². The molecule has 1 aliphatic rings. The van der Waals surface area contributed by atoms with Crippen LogP contribution in [0.1, 0.15) is 42.5 Å². The highest BCUT2D eigenvalue weighted by Gasteiger charge is 2.34. The topological polar surface area (TPSA) is 101 Å². The van der Waals surface area contributed by atoms with Gasteiger partial charge in [0, 0.05) is 11.4 Å². The average molecular weight is 349 g/mol. The lowest BCUT2D eigenvalue weighted by Gasteiger charge is -2.08. The minimum Gasteiger partial charge on any atom is -0.481 e. The molecule has 2 aromatic rings. The normalized spacial score (nSPS) is 16.3. The van der Waals surface area contributed by atoms with Crippen molar-refractivity contribution in [3.63, 3.8) is 0 Å². The van der Waals surface area contributed by atoms with Crippen molar-refractivity contribution in [1.82, 2.24) is 14.9 Å². The van der Waals surface area contributed by atoms with Crippen LogP contribution in [0.5, 0.6) is 0 Å². The lowest BCUT2D eigenvalue weighted by molar-refractivity contribution is -0.138. The van der Waals surface area contributed by atoms with E-state index in [1.54, 1.807) is 0 Å². The molecule has 0 fully saturated rings. The Morgan fingerprint density at radius 1 is 1.50 bits per heavy atom. The second kappa shape index (κ2) is 6.72. The predicted octanol–water partition coefficient (Wildman–Crippen LogP) is 1.49. The highest BCUT2D eigenvalue weighted by Crippen LogP contribution is 2.41. The molecule has 128 valence electrons. The number of aliphatic carboxylic acids is 1. The van der Waals surface area contributed by atoms with Gasteiger partial charge >= 0.3 is 5.97 Å². The van der Waals surface area contributed by atoms with Gasteiger partial charge in [0.15, 0.2) is 0 Å². The van der Waals surface area contributed by atoms with E-state index in [0.717, 1.165) is 17.7 Å². The first-order valence-electron chi connectivity index (χ1n) is 8.03. The van der Waals surface area contributed by atoms with E-state index in [0.29, 0.717) is 35.2 Å². The van der Waals surface area contributed by atoms with Gasteiger partial charge in [0.2, 0.25) is 5.91 Å². The highest BCUT2D eigenvalue weighted by molar-refractivity contribution is 7.18. The lowest BCUT2D eigenvalue weighted by atomic mass is 10.0. The maximum atomic E-state index is 12.7. The average Bonchev–Trinajstić information content (AvgIpc) is 3.09. The first-order chi connectivity index (χ1) is 11.5. The molecule has 0 bridgehead atoms. The molecule has 1 atom stereocenters. The number of nitrogens with zero attached hydrogens (tertiary/aromatic N) is 2. The molecule has 0 spiro atoms. The van der Waals surface area contributed by atoms with Crippen LogP contribution in [0.3, 0.4) is 0 Å². The fraction of sp³-hybridized carbons (Fsp3) is 0.500. The first kappa shape index (κ1) is 16.6. The van der Waals surface area contributed by atoms with Crippen molar-refractivity contribution in [2.75, 3.05) is 6.54 Å². The molecule has 2 heterocycles. The van der Waals surface area contributed by atoms with E-state index < -0.39 is 11.9 Å². The second-order valence-electron chi connectivity index (χ2n) is 5.93. The van der Waals surface area contributed by atoms with Crippen molar-refractivity contribution in [2.24, 2.45) is 0 Å². The van der Waals surface area contributed by atoms with E-state index in [1.165, 1.54) is 22.2 Å². The van der Waals surface area contributed by atoms with Gasteiger partial charge in [-0.15, -0.1) is 11.3 Å². The van der Waals surface area contributed by atoms with Crippen LogP contribution in [0.2, 0.25) is 0 Å². The molecule has 1 aliphatic carbocycles. The maximum absolute atomic E-state index is 12.7. The zero-order valence-corrected chi connectivity index (χ0v) is 14.2. The van der Waals surface area contributed by atoms with Crippen LogP contribution in [0.4, 0.5) is 0 Å². The van der Waals surface area contributed by atoms with Crippen molar-refractivity contribution < 1.29 is 14.7 Å². The molecular weight excluding hydrogens is 330 g/mol. The molecule has 0 saturated heterocycles. The standard InChI is InChI=1S/C16H19N3O4S/c1-2-3-6-17-11(20)7-19-8-18-14-13(15(19)21)12-9(16(22)23)4-5-10(12)24-14/h8-9H,2-7H2,1H3,(H,17,20)(H,22,23). The molecule has 1 unspecified atom stereocenters. The third-order valence-electron chi connectivity index (χ3n) is 4.27. The molecule has 7 nitrogen and oxygen atoms in total. The number of unbranched alkanes of at least 4 members (excludes halogenated alkanes) is 1. The summed E-state index contributed by atoms with van der Waals surface area (Å²) in [5.41, 5.74) is 0.261. The third kappa shape index (κ3) is 2.93. The number of amides is 1. The summed E-state index contributed by atoms with van der Waals surface area (Å²) < 4.78 is 1.26. The summed E-state index contributed by atoms with van der Waals surface area (Å²) in [7, 11) is 0. The maximum Gasteiger partial charge on any atom is 0.311 e. The van der Waals surface area contributed by atoms with Gasteiger partial charge < -0.3 is 10.4 Å². The number of carbonyl (C=O) groups is 2. The smallest absolute Gasteiger partial charge is 0.311 e. The molecule has 24 heavy (non-hydrogen) atoms. The van der Waals surface area contributed by atoms with E-state index in [-0.39, 0.29) is 18.0 Å². The Hall–Kier alpha value is -2.22. The number of carboxylic acids is 1. The minimum absolute atomic E-state index is 0.103. The summed E-state index contributed by atoms with van der Waals surface area (Å²) >= 11 is 1.38. The molecule has 2 aromatic heterocycles. The van der Waals surface area contributed by atoms with Crippen LogP contribution in [-0.4, -0.2) is 33.1 Å². The Morgan fingerprint density at radius 2 is 2.29 bits per heavy atom. The second-order valence-corrected chi connectivity index (χ2v) is 7.01. The van der Waals surface area contributed by atoms with Gasteiger partial charge in [-0.25, -0.2) is 4.98 Å². The van der Waals surface area contributed by atoms with Gasteiger partial charge in [-0.2, -0.15) is 0 Å². The van der Waals surface area contributed by atoms with Crippen molar-refractivity contribution in [2.45, 2.75) is 45.1 Å². The number of carboxylic acid groups (broad SMARTS) is 1. The Balaban J connectivity index is 1.94. The molecule has 3 rings (SSSR count). The molecule has 0 aliphatic heterocycles. The Morgan fingerprint density at radius 3 is 3.00 bits per heavy atom. The molecule has 0 aromatic carbocycles. The molecule has 1 amide bonds. The van der Waals surface area contributed by atoms with Crippen LogP contribution in [-0.2, 0) is 22.6 Å². The summed E-state index contributed by atoms with van der Waals surface area (Å²) in [5.74, 6) is -1.81. The number of nitrogens with one attached hydrogen (secondary N) is 1. The monoisotopic (exact) mass is 349 g/mol. The minimum atomic E-state index is -0.916. The number of fused-ring (bicyclic) bond motifs is 3. The van der Waals surface area contributed by atoms with Crippen LogP contribution in [0.15, 0.2) is 11.1 Å². The molecule has 0 radical (unpaired) electrons. The summed E-state index contributed by atoms with van der Waals surface area (Å²) in [5, 5.41) is 12.5. The fourth-order valence-electron chi connectivity index (χ4n) is 3.04. The van der Waals surface area contributed by atoms with E-state index in [1.807, 2.05) is 6.92 Å². The number of hydrogen-bond acceptors (Lipinski definition) is 5. The van der Waals surface area contributed by atoms with Crippen molar-refractivity contribution in [1.29, 1.82) is 0 Å². The molecule has 0 saturated carbocycles. The third-order valence-corrected chi connectivity index (χ3v) is 5.44. The number of rotatable bonds is 6. The molecular formula is C16H19N3O4S. The summed E-state index contributed by atoms with van der Waals surface area (Å²) in [6.07, 6.45) is 4.40. The Labute approximate surface area is 142 Å². The zero-order chi connectivity index (χ0) is 17.3. The van der Waals surface area contributed by atoms with Gasteiger partial charge in [-0.05, 0) is 24.8 Å². The van der Waals surface area contributed by atoms with E-state index in [4.69, 9.17) is 0 Å². The Kier molecular flexibility index (Phi) is 4.66. The Bertz CT molecular complexity index is 855. The number of aromatic nitrogens is 2. The fourth-order valence-corrected chi connectivity index (χ4v) is 4.25. The van der Waals surface area contributed by atoms with Crippen LogP contribution >= 0.6 is 11.3 Å². The van der Waals surface area contributed by atoms with Crippen LogP contribution in [0, 0.1) is 0 Å². The number of aryl methyl sites for hydroxylation is 1. The SMILES string of the molecule is CCCCNC(=O)Cn1cnc2sc3c(c2c1=O)C(C(=O)O)CC3. The first-order valence-corrected chi connectivity index (χ1v) is 8.84. The summed E-state index contributed by atoms with van der Waals surface area (Å²) in [6.45, 7) is 2.51. The van der Waals surface area contributed by atoms with E-state index in [9.17, 15) is 19.5 Å². The number of carbonyl (C=O) groups excluding carboxylic acids is 1. The number of thiophene rings is 1. The van der Waals surface area contributed by atoms with Gasteiger partial charge in [0.05, 0.1) is 17.6 Å². The van der Waals surface area contributed by atoms with Crippen LogP contribution < -0.4 is 10.9 Å². The molecule has 8 heteroatoms. The van der Waals surface area contributed by atoms with Gasteiger partial charge in [-0.1, -0.05) is 13.3 Å². The summed E-state index contributed by atoms with van der Waals surface area (Å²) in [6, 6.07) is 0. The van der Waals surface area contributed by atoms with E-state index >= 15 is 0 Å². The highest BCUT2D eigenvalue weighted by atomic mass is 32.1. The van der Waals surface area contributed by atoms with Crippen molar-refractivity contribution >= 4 is 33.4 Å². The summed E-state index contributed by atoms with van der Waals surface area (Å²) in [4.78, 5) is 41.8. The van der Waals surface area contributed by atoms with Gasteiger partial charge in [0.1, 0.15) is 11.4 Å². The van der Waals surface area contributed by atoms with Crippen molar-refractivity contribution in [3.8, 4) is 0 Å².